The molecule has 2 aromatic carbocycles. The molecule has 9 heteroatoms. The predicted molar refractivity (Wildman–Crippen MR) is 123 cm³/mol. The summed E-state index contributed by atoms with van der Waals surface area (Å²) in [6.45, 7) is 1.41. The summed E-state index contributed by atoms with van der Waals surface area (Å²) in [7, 11) is 1.49. The average Bonchev–Trinajstić information content (AvgIpc) is 3.42. The standard InChI is InChI=1S/C24H21N3O5S/c1-15-5-7-16(8-6-15)21(19-4-3-13-33-19)25-20(28)14-26-22(29)23(30)27(24(26)31)17-9-11-18(32-2)12-10-17/h3-13,21H,14H2,1-2H3,(H,25,28). The first-order valence-electron chi connectivity index (χ1n) is 10.1. The summed E-state index contributed by atoms with van der Waals surface area (Å²) < 4.78 is 5.07. The van der Waals surface area contributed by atoms with Gasteiger partial charge in [-0.05, 0) is 48.2 Å². The Bertz CT molecular complexity index is 1190. The van der Waals surface area contributed by atoms with E-state index in [0.29, 0.717) is 10.6 Å². The van der Waals surface area contributed by atoms with Gasteiger partial charge < -0.3 is 10.1 Å². The number of nitrogens with one attached hydrogen (secondary N) is 1. The lowest BCUT2D eigenvalue weighted by molar-refractivity contribution is -0.140. The van der Waals surface area contributed by atoms with Gasteiger partial charge in [0, 0.05) is 4.88 Å². The Balaban J connectivity index is 1.51. The van der Waals surface area contributed by atoms with Crippen LogP contribution in [0.5, 0.6) is 5.75 Å². The highest BCUT2D eigenvalue weighted by Gasteiger charge is 2.46. The van der Waals surface area contributed by atoms with Crippen molar-refractivity contribution in [2.45, 2.75) is 13.0 Å². The van der Waals surface area contributed by atoms with Gasteiger partial charge in [0.25, 0.3) is 0 Å². The van der Waals surface area contributed by atoms with Crippen LogP contribution in [0.3, 0.4) is 0 Å². The Morgan fingerprint density at radius 3 is 2.30 bits per heavy atom. The summed E-state index contributed by atoms with van der Waals surface area (Å²) in [5, 5.41) is 4.79. The predicted octanol–water partition coefficient (Wildman–Crippen LogP) is 3.27. The van der Waals surface area contributed by atoms with Crippen molar-refractivity contribution in [3.05, 3.63) is 82.0 Å². The number of anilines is 1. The van der Waals surface area contributed by atoms with Gasteiger partial charge in [-0.25, -0.2) is 14.6 Å². The molecule has 3 aromatic rings. The van der Waals surface area contributed by atoms with Gasteiger partial charge in [0.2, 0.25) is 5.91 Å². The van der Waals surface area contributed by atoms with E-state index in [0.717, 1.165) is 20.9 Å². The second-order valence-corrected chi connectivity index (χ2v) is 8.42. The molecule has 2 heterocycles. The second kappa shape index (κ2) is 9.25. The first-order chi connectivity index (χ1) is 15.9. The van der Waals surface area contributed by atoms with Crippen LogP contribution >= 0.6 is 11.3 Å². The molecule has 168 valence electrons. The van der Waals surface area contributed by atoms with E-state index in [1.54, 1.807) is 12.1 Å². The van der Waals surface area contributed by atoms with E-state index in [9.17, 15) is 19.2 Å². The molecule has 1 N–H and O–H groups in total. The number of methoxy groups -OCH3 is 1. The van der Waals surface area contributed by atoms with Crippen molar-refractivity contribution in [3.63, 3.8) is 0 Å². The summed E-state index contributed by atoms with van der Waals surface area (Å²) in [6, 6.07) is 16.3. The van der Waals surface area contributed by atoms with Crippen molar-refractivity contribution in [3.8, 4) is 5.75 Å². The molecule has 4 rings (SSSR count). The maximum Gasteiger partial charge on any atom is 0.339 e. The lowest BCUT2D eigenvalue weighted by atomic mass is 10.0. The number of nitrogens with zero attached hydrogens (tertiary/aromatic N) is 2. The first kappa shape index (κ1) is 22.2. The molecule has 5 amide bonds. The summed E-state index contributed by atoms with van der Waals surface area (Å²) >= 11 is 1.48. The zero-order chi connectivity index (χ0) is 23.5. The summed E-state index contributed by atoms with van der Waals surface area (Å²) in [4.78, 5) is 53.0. The SMILES string of the molecule is COc1ccc(N2C(=O)C(=O)N(CC(=O)NC(c3ccc(C)cc3)c3cccs3)C2=O)cc1. The molecule has 33 heavy (non-hydrogen) atoms. The Kier molecular flexibility index (Phi) is 6.23. The molecule has 1 atom stereocenters. The number of ether oxygens (including phenoxy) is 1. The minimum absolute atomic E-state index is 0.221. The van der Waals surface area contributed by atoms with Crippen LogP contribution in [0.1, 0.15) is 22.0 Å². The van der Waals surface area contributed by atoms with E-state index in [4.69, 9.17) is 4.74 Å². The highest BCUT2D eigenvalue weighted by molar-refractivity contribution is 7.10. The fourth-order valence-corrected chi connectivity index (χ4v) is 4.29. The van der Waals surface area contributed by atoms with Gasteiger partial charge in [-0.2, -0.15) is 0 Å². The van der Waals surface area contributed by atoms with Crippen LogP contribution in [-0.4, -0.2) is 42.3 Å². The number of hydrogen-bond acceptors (Lipinski definition) is 6. The van der Waals surface area contributed by atoms with Gasteiger partial charge in [0.05, 0.1) is 18.8 Å². The number of thiophene rings is 1. The maximum absolute atomic E-state index is 12.9. The summed E-state index contributed by atoms with van der Waals surface area (Å²) in [5.41, 5.74) is 2.17. The number of carbonyl (C=O) groups excluding carboxylic acids is 4. The fourth-order valence-electron chi connectivity index (χ4n) is 3.49. The smallest absolute Gasteiger partial charge is 0.339 e. The van der Waals surface area contributed by atoms with Crippen LogP contribution < -0.4 is 15.0 Å². The quantitative estimate of drug-likeness (QED) is 0.429. The van der Waals surface area contributed by atoms with Crippen molar-refractivity contribution in [2.24, 2.45) is 0 Å². The number of aryl methyl sites for hydroxylation is 1. The highest BCUT2D eigenvalue weighted by Crippen LogP contribution is 2.27. The second-order valence-electron chi connectivity index (χ2n) is 7.44. The number of imide groups is 2. The zero-order valence-electron chi connectivity index (χ0n) is 18.0. The molecular formula is C24H21N3O5S. The first-order valence-corrected chi connectivity index (χ1v) is 11.0. The topological polar surface area (TPSA) is 96.0 Å². The van der Waals surface area contributed by atoms with Crippen molar-refractivity contribution in [1.82, 2.24) is 10.2 Å². The number of hydrogen-bond donors (Lipinski definition) is 1. The normalized spacial score (nSPS) is 14.5. The lowest BCUT2D eigenvalue weighted by Gasteiger charge is -2.20. The van der Waals surface area contributed by atoms with Gasteiger partial charge in [-0.3, -0.25) is 14.4 Å². The summed E-state index contributed by atoms with van der Waals surface area (Å²) in [6.07, 6.45) is 0. The molecule has 0 saturated carbocycles. The molecule has 0 bridgehead atoms. The molecule has 0 spiro atoms. The zero-order valence-corrected chi connectivity index (χ0v) is 18.8. The molecule has 1 saturated heterocycles. The Hall–Kier alpha value is -3.98. The van der Waals surface area contributed by atoms with Crippen LogP contribution in [0, 0.1) is 6.92 Å². The molecule has 1 unspecified atom stereocenters. The van der Waals surface area contributed by atoms with Crippen LogP contribution in [0.2, 0.25) is 0 Å². The third-order valence-electron chi connectivity index (χ3n) is 5.23. The molecule has 1 fully saturated rings. The van der Waals surface area contributed by atoms with Crippen LogP contribution in [0.15, 0.2) is 66.0 Å². The number of carbonyl (C=O) groups is 4. The Labute approximate surface area is 194 Å². The van der Waals surface area contributed by atoms with Gasteiger partial charge in [-0.15, -0.1) is 11.3 Å². The number of amides is 5. The van der Waals surface area contributed by atoms with E-state index >= 15 is 0 Å². The Morgan fingerprint density at radius 1 is 1.00 bits per heavy atom. The molecule has 1 aromatic heterocycles. The number of benzene rings is 2. The summed E-state index contributed by atoms with van der Waals surface area (Å²) in [5.74, 6) is -2.07. The van der Waals surface area contributed by atoms with E-state index in [1.165, 1.54) is 30.6 Å². The number of urea groups is 1. The highest BCUT2D eigenvalue weighted by atomic mass is 32.1. The minimum Gasteiger partial charge on any atom is -0.497 e. The minimum atomic E-state index is -1.05. The monoisotopic (exact) mass is 463 g/mol. The van der Waals surface area contributed by atoms with E-state index in [1.807, 2.05) is 48.7 Å². The molecule has 0 aliphatic carbocycles. The van der Waals surface area contributed by atoms with E-state index < -0.39 is 36.3 Å². The van der Waals surface area contributed by atoms with Crippen molar-refractivity contribution >= 4 is 40.8 Å². The molecule has 0 radical (unpaired) electrons. The Morgan fingerprint density at radius 2 is 1.70 bits per heavy atom. The van der Waals surface area contributed by atoms with Gasteiger partial charge in [0.1, 0.15) is 12.3 Å². The average molecular weight is 464 g/mol. The van der Waals surface area contributed by atoms with Crippen molar-refractivity contribution in [2.75, 3.05) is 18.6 Å². The lowest BCUT2D eigenvalue weighted by Crippen LogP contribution is -2.42. The van der Waals surface area contributed by atoms with Crippen LogP contribution in [0.25, 0.3) is 0 Å². The van der Waals surface area contributed by atoms with Crippen LogP contribution in [-0.2, 0) is 14.4 Å². The van der Waals surface area contributed by atoms with Crippen molar-refractivity contribution < 1.29 is 23.9 Å². The van der Waals surface area contributed by atoms with Gasteiger partial charge in [-0.1, -0.05) is 35.9 Å². The van der Waals surface area contributed by atoms with Crippen molar-refractivity contribution in [1.29, 1.82) is 0 Å². The van der Waals surface area contributed by atoms with Crippen LogP contribution in [0.4, 0.5) is 10.5 Å². The third-order valence-corrected chi connectivity index (χ3v) is 6.17. The molecule has 8 nitrogen and oxygen atoms in total. The van der Waals surface area contributed by atoms with Gasteiger partial charge in [0.15, 0.2) is 0 Å². The van der Waals surface area contributed by atoms with Gasteiger partial charge >= 0.3 is 17.8 Å². The fraction of sp³-hybridized carbons (Fsp3) is 0.167. The third kappa shape index (κ3) is 4.49. The number of rotatable bonds is 7. The molecule has 1 aliphatic rings. The maximum atomic E-state index is 12.9. The molecule has 1 aliphatic heterocycles. The largest absolute Gasteiger partial charge is 0.497 e. The molecular weight excluding hydrogens is 442 g/mol. The van der Waals surface area contributed by atoms with E-state index in [2.05, 4.69) is 5.32 Å². The van der Waals surface area contributed by atoms with E-state index in [-0.39, 0.29) is 5.69 Å².